The number of halogens is 1. The molecule has 9 heteroatoms. The number of anilines is 1. The third kappa shape index (κ3) is 7.42. The first-order valence-electron chi connectivity index (χ1n) is 9.24. The number of ether oxygens (including phenoxy) is 3. The van der Waals surface area contributed by atoms with Crippen molar-refractivity contribution in [1.82, 2.24) is 0 Å². The fourth-order valence-corrected chi connectivity index (χ4v) is 2.44. The normalized spacial score (nSPS) is 10.2. The second-order valence-electron chi connectivity index (χ2n) is 6.09. The molecule has 2 N–H and O–H groups in total. The molecule has 0 atom stereocenters. The van der Waals surface area contributed by atoms with Gasteiger partial charge in [0.1, 0.15) is 17.3 Å². The summed E-state index contributed by atoms with van der Waals surface area (Å²) in [6.45, 7) is 1.42. The molecule has 160 valence electrons. The zero-order chi connectivity index (χ0) is 21.9. The Labute approximate surface area is 173 Å². The van der Waals surface area contributed by atoms with Crippen molar-refractivity contribution < 1.29 is 33.0 Å². The van der Waals surface area contributed by atoms with E-state index >= 15 is 0 Å². The topological polar surface area (TPSA) is 108 Å². The summed E-state index contributed by atoms with van der Waals surface area (Å²) in [5.41, 5.74) is 5.49. The number of amides is 2. The van der Waals surface area contributed by atoms with Crippen LogP contribution in [0, 0.1) is 5.82 Å². The fourth-order valence-electron chi connectivity index (χ4n) is 2.44. The lowest BCUT2D eigenvalue weighted by Crippen LogP contribution is -2.37. The van der Waals surface area contributed by atoms with E-state index in [1.165, 1.54) is 29.2 Å². The van der Waals surface area contributed by atoms with Crippen LogP contribution in [0.2, 0.25) is 0 Å². The predicted molar refractivity (Wildman–Crippen MR) is 107 cm³/mol. The first kappa shape index (κ1) is 22.7. The van der Waals surface area contributed by atoms with Crippen LogP contribution in [0.4, 0.5) is 10.1 Å². The van der Waals surface area contributed by atoms with Crippen molar-refractivity contribution in [3.05, 3.63) is 54.3 Å². The molecule has 0 bridgehead atoms. The number of carbonyl (C=O) groups is 3. The Hall–Kier alpha value is -3.62. The van der Waals surface area contributed by atoms with E-state index in [1.54, 1.807) is 24.3 Å². The second-order valence-corrected chi connectivity index (χ2v) is 6.09. The van der Waals surface area contributed by atoms with Gasteiger partial charge in [-0.1, -0.05) is 0 Å². The third-order valence-electron chi connectivity index (χ3n) is 3.87. The maximum absolute atomic E-state index is 13.1. The third-order valence-corrected chi connectivity index (χ3v) is 3.87. The van der Waals surface area contributed by atoms with Gasteiger partial charge in [0.05, 0.1) is 6.61 Å². The van der Waals surface area contributed by atoms with Crippen molar-refractivity contribution in [1.29, 1.82) is 0 Å². The van der Waals surface area contributed by atoms with Crippen LogP contribution in [0.5, 0.6) is 11.5 Å². The van der Waals surface area contributed by atoms with E-state index in [0.717, 1.165) is 0 Å². The lowest BCUT2D eigenvalue weighted by Gasteiger charge is -2.22. The fraction of sp³-hybridized carbons (Fsp3) is 0.286. The van der Waals surface area contributed by atoms with Crippen LogP contribution in [0.3, 0.4) is 0 Å². The van der Waals surface area contributed by atoms with Crippen LogP contribution in [0.1, 0.15) is 13.3 Å². The molecule has 0 unspecified atom stereocenters. The van der Waals surface area contributed by atoms with Crippen molar-refractivity contribution in [2.24, 2.45) is 5.73 Å². The minimum Gasteiger partial charge on any atom is -0.494 e. The van der Waals surface area contributed by atoms with E-state index in [-0.39, 0.29) is 19.6 Å². The summed E-state index contributed by atoms with van der Waals surface area (Å²) < 4.78 is 28.7. The van der Waals surface area contributed by atoms with Crippen LogP contribution in [0.25, 0.3) is 0 Å². The Morgan fingerprint density at radius 2 is 1.53 bits per heavy atom. The van der Waals surface area contributed by atoms with Crippen LogP contribution in [0.15, 0.2) is 48.5 Å². The molecule has 0 saturated carbocycles. The van der Waals surface area contributed by atoms with Crippen LogP contribution in [-0.2, 0) is 19.1 Å². The Morgan fingerprint density at radius 1 is 0.933 bits per heavy atom. The second kappa shape index (κ2) is 11.4. The minimum atomic E-state index is -0.744. The SMILES string of the molecule is CCOc1ccc(OCC(=O)OCC(=O)N(CCC(N)=O)c2ccc(F)cc2)cc1. The highest BCUT2D eigenvalue weighted by atomic mass is 19.1. The van der Waals surface area contributed by atoms with E-state index in [1.807, 2.05) is 6.92 Å². The van der Waals surface area contributed by atoms with Crippen LogP contribution < -0.4 is 20.1 Å². The Balaban J connectivity index is 1.87. The molecule has 8 nitrogen and oxygen atoms in total. The van der Waals surface area contributed by atoms with Gasteiger partial charge in [0.2, 0.25) is 5.91 Å². The van der Waals surface area contributed by atoms with Gasteiger partial charge in [-0.05, 0) is 55.5 Å². The quantitative estimate of drug-likeness (QED) is 0.560. The van der Waals surface area contributed by atoms with Crippen molar-refractivity contribution in [2.75, 3.05) is 31.3 Å². The molecule has 0 heterocycles. The van der Waals surface area contributed by atoms with Gasteiger partial charge in [-0.3, -0.25) is 9.59 Å². The number of hydrogen-bond acceptors (Lipinski definition) is 6. The van der Waals surface area contributed by atoms with E-state index in [0.29, 0.717) is 23.8 Å². The van der Waals surface area contributed by atoms with Crippen molar-refractivity contribution in [2.45, 2.75) is 13.3 Å². The van der Waals surface area contributed by atoms with Gasteiger partial charge in [0.15, 0.2) is 13.2 Å². The first-order valence-corrected chi connectivity index (χ1v) is 9.24. The molecule has 0 aromatic heterocycles. The number of nitrogens with two attached hydrogens (primary N) is 1. The molecule has 2 aromatic rings. The molecule has 2 rings (SSSR count). The maximum atomic E-state index is 13.1. The lowest BCUT2D eigenvalue weighted by molar-refractivity contribution is -0.149. The molecule has 0 radical (unpaired) electrons. The largest absolute Gasteiger partial charge is 0.494 e. The zero-order valence-electron chi connectivity index (χ0n) is 16.5. The molecule has 0 spiro atoms. The maximum Gasteiger partial charge on any atom is 0.344 e. The molecule has 0 fully saturated rings. The molecule has 2 aromatic carbocycles. The van der Waals surface area contributed by atoms with Gasteiger partial charge in [0.25, 0.3) is 5.91 Å². The number of esters is 1. The average molecular weight is 418 g/mol. The Bertz CT molecular complexity index is 855. The molecular formula is C21H23FN2O6. The summed E-state index contributed by atoms with van der Waals surface area (Å²) in [7, 11) is 0. The predicted octanol–water partition coefficient (Wildman–Crippen LogP) is 2.05. The standard InChI is InChI=1S/C21H23FN2O6/c1-2-28-17-7-9-18(10-8-17)29-14-21(27)30-13-20(26)24(12-11-19(23)25)16-5-3-15(22)4-6-16/h3-10H,2,11-14H2,1H3,(H2,23,25). The molecule has 0 aliphatic carbocycles. The van der Waals surface area contributed by atoms with Crippen molar-refractivity contribution in [3.8, 4) is 11.5 Å². The number of primary amides is 1. The van der Waals surface area contributed by atoms with Gasteiger partial charge in [-0.25, -0.2) is 9.18 Å². The molecule has 0 saturated heterocycles. The summed E-state index contributed by atoms with van der Waals surface area (Å²) in [6.07, 6.45) is -0.0993. The highest BCUT2D eigenvalue weighted by Crippen LogP contribution is 2.18. The van der Waals surface area contributed by atoms with Crippen LogP contribution in [-0.4, -0.2) is 44.1 Å². The van der Waals surface area contributed by atoms with Crippen molar-refractivity contribution in [3.63, 3.8) is 0 Å². The van der Waals surface area contributed by atoms with Gasteiger partial charge in [0, 0.05) is 18.7 Å². The summed E-state index contributed by atoms with van der Waals surface area (Å²) in [4.78, 5) is 36.6. The highest BCUT2D eigenvalue weighted by molar-refractivity contribution is 5.95. The molecule has 0 aliphatic rings. The number of rotatable bonds is 11. The smallest absolute Gasteiger partial charge is 0.344 e. The lowest BCUT2D eigenvalue weighted by atomic mass is 10.2. The summed E-state index contributed by atoms with van der Waals surface area (Å²) >= 11 is 0. The molecule has 0 aliphatic heterocycles. The average Bonchev–Trinajstić information content (AvgIpc) is 2.73. The highest BCUT2D eigenvalue weighted by Gasteiger charge is 2.19. The minimum absolute atomic E-state index is 0.0277. The molecule has 30 heavy (non-hydrogen) atoms. The number of hydrogen-bond donors (Lipinski definition) is 1. The van der Waals surface area contributed by atoms with E-state index in [4.69, 9.17) is 19.9 Å². The van der Waals surface area contributed by atoms with E-state index < -0.39 is 30.2 Å². The Morgan fingerprint density at radius 3 is 2.10 bits per heavy atom. The van der Waals surface area contributed by atoms with E-state index in [2.05, 4.69) is 0 Å². The van der Waals surface area contributed by atoms with Gasteiger partial charge < -0.3 is 24.8 Å². The molecule has 2 amide bonds. The molecular weight excluding hydrogens is 395 g/mol. The van der Waals surface area contributed by atoms with Crippen LogP contribution >= 0.6 is 0 Å². The first-order chi connectivity index (χ1) is 14.4. The van der Waals surface area contributed by atoms with Gasteiger partial charge in [-0.15, -0.1) is 0 Å². The number of benzene rings is 2. The number of nitrogens with zero attached hydrogens (tertiary/aromatic N) is 1. The summed E-state index contributed by atoms with van der Waals surface area (Å²) in [5, 5.41) is 0. The summed E-state index contributed by atoms with van der Waals surface area (Å²) in [5.74, 6) is -1.29. The van der Waals surface area contributed by atoms with E-state index in [9.17, 15) is 18.8 Å². The Kier molecular flexibility index (Phi) is 8.61. The van der Waals surface area contributed by atoms with Gasteiger partial charge >= 0.3 is 5.97 Å². The van der Waals surface area contributed by atoms with Gasteiger partial charge in [-0.2, -0.15) is 0 Å². The van der Waals surface area contributed by atoms with Crippen molar-refractivity contribution >= 4 is 23.5 Å². The monoisotopic (exact) mass is 418 g/mol. The summed E-state index contributed by atoms with van der Waals surface area (Å²) in [6, 6.07) is 11.8. The number of carbonyl (C=O) groups excluding carboxylic acids is 3. The zero-order valence-corrected chi connectivity index (χ0v) is 16.5.